The summed E-state index contributed by atoms with van der Waals surface area (Å²) < 4.78 is 119. The fourth-order valence-corrected chi connectivity index (χ4v) is 4.14. The Kier molecular flexibility index (Phi) is 6.63. The van der Waals surface area contributed by atoms with Gasteiger partial charge in [0.2, 0.25) is 0 Å². The fraction of sp³-hybridized carbons (Fsp3) is 0.320. The molecule has 0 saturated carbocycles. The van der Waals surface area contributed by atoms with Crippen molar-refractivity contribution in [1.29, 1.82) is 0 Å². The van der Waals surface area contributed by atoms with Crippen molar-refractivity contribution in [2.75, 3.05) is 13.2 Å². The molecule has 0 saturated heterocycles. The first-order chi connectivity index (χ1) is 16.9. The first-order valence-corrected chi connectivity index (χ1v) is 10.9. The highest BCUT2D eigenvalue weighted by molar-refractivity contribution is 5.92. The second-order valence-corrected chi connectivity index (χ2v) is 7.94. The molecule has 0 spiro atoms. The normalized spacial score (nSPS) is 19.5. The van der Waals surface area contributed by atoms with Gasteiger partial charge in [-0.05, 0) is 49.2 Å². The van der Waals surface area contributed by atoms with Crippen molar-refractivity contribution in [3.8, 4) is 16.9 Å². The Morgan fingerprint density at radius 2 is 1.53 bits per heavy atom. The second kappa shape index (κ2) is 9.27. The number of alkyl halides is 4. The zero-order valence-electron chi connectivity index (χ0n) is 18.9. The Morgan fingerprint density at radius 1 is 0.917 bits per heavy atom. The molecule has 2 aromatic carbocycles. The monoisotopic (exact) mass is 516 g/mol. The van der Waals surface area contributed by atoms with Gasteiger partial charge in [0.05, 0.1) is 23.3 Å². The van der Waals surface area contributed by atoms with Crippen LogP contribution in [0.2, 0.25) is 0 Å². The van der Waals surface area contributed by atoms with Gasteiger partial charge in [-0.1, -0.05) is 6.07 Å². The quantitative estimate of drug-likeness (QED) is 0.309. The van der Waals surface area contributed by atoms with E-state index in [2.05, 4.69) is 0 Å². The molecule has 2 aliphatic carbocycles. The molecule has 2 aliphatic rings. The maximum absolute atomic E-state index is 15.3. The zero-order valence-corrected chi connectivity index (χ0v) is 18.9. The molecule has 2 aromatic rings. The molecule has 4 rings (SSSR count). The Morgan fingerprint density at radius 3 is 2.11 bits per heavy atom. The molecule has 36 heavy (non-hydrogen) atoms. The predicted molar refractivity (Wildman–Crippen MR) is 113 cm³/mol. The Bertz CT molecular complexity index is 1280. The number of hydrogen-bond donors (Lipinski definition) is 0. The van der Waals surface area contributed by atoms with E-state index in [-0.39, 0.29) is 25.4 Å². The summed E-state index contributed by atoms with van der Waals surface area (Å²) >= 11 is 0. The number of rotatable bonds is 6. The van der Waals surface area contributed by atoms with Crippen LogP contribution in [0.5, 0.6) is 5.75 Å². The van der Waals surface area contributed by atoms with Crippen molar-refractivity contribution in [1.82, 2.24) is 0 Å². The van der Waals surface area contributed by atoms with Gasteiger partial charge in [-0.3, -0.25) is 0 Å². The minimum Gasteiger partial charge on any atom is -0.491 e. The average molecular weight is 516 g/mol. The molecular formula is C25H19F7O4. The number of benzene rings is 2. The number of halogens is 7. The number of ether oxygens (including phenoxy) is 3. The molecule has 0 fully saturated rings. The summed E-state index contributed by atoms with van der Waals surface area (Å²) in [4.78, 5) is 12.5. The first-order valence-electron chi connectivity index (χ1n) is 10.9. The van der Waals surface area contributed by atoms with E-state index in [0.717, 1.165) is 30.3 Å². The first kappa shape index (κ1) is 25.7. The molecule has 0 aliphatic heterocycles. The highest BCUT2D eigenvalue weighted by Crippen LogP contribution is 2.60. The van der Waals surface area contributed by atoms with Crippen LogP contribution in [-0.4, -0.2) is 25.3 Å². The molecule has 0 radical (unpaired) electrons. The molecule has 192 valence electrons. The number of esters is 1. The highest BCUT2D eigenvalue weighted by Gasteiger charge is 2.65. The van der Waals surface area contributed by atoms with Crippen LogP contribution in [0.4, 0.5) is 30.7 Å². The van der Waals surface area contributed by atoms with E-state index in [0.29, 0.717) is 0 Å². The van der Waals surface area contributed by atoms with Crippen molar-refractivity contribution >= 4 is 5.97 Å². The lowest BCUT2D eigenvalue weighted by atomic mass is 9.79. The van der Waals surface area contributed by atoms with Crippen molar-refractivity contribution in [2.45, 2.75) is 38.2 Å². The molecule has 0 N–H and O–H groups in total. The number of allylic oxidation sites excluding steroid dienone is 1. The molecule has 4 nitrogen and oxygen atoms in total. The van der Waals surface area contributed by atoms with Crippen LogP contribution in [0.25, 0.3) is 11.1 Å². The smallest absolute Gasteiger partial charge is 0.346 e. The third-order valence-electron chi connectivity index (χ3n) is 5.78. The molecular weight excluding hydrogens is 497 g/mol. The minimum atomic E-state index is -5.23. The predicted octanol–water partition coefficient (Wildman–Crippen LogP) is 6.93. The van der Waals surface area contributed by atoms with Gasteiger partial charge in [-0.2, -0.15) is 17.6 Å². The summed E-state index contributed by atoms with van der Waals surface area (Å²) in [7, 11) is 0. The van der Waals surface area contributed by atoms with Crippen LogP contribution in [0.1, 0.15) is 41.8 Å². The van der Waals surface area contributed by atoms with Gasteiger partial charge in [0, 0.05) is 19.1 Å². The van der Waals surface area contributed by atoms with E-state index < -0.39 is 74.9 Å². The summed E-state index contributed by atoms with van der Waals surface area (Å²) in [5.41, 5.74) is -5.91. The largest absolute Gasteiger partial charge is 0.491 e. The molecule has 1 unspecified atom stereocenters. The maximum atomic E-state index is 15.3. The lowest BCUT2D eigenvalue weighted by molar-refractivity contribution is -0.227. The topological polar surface area (TPSA) is 44.8 Å². The molecule has 11 heteroatoms. The minimum absolute atomic E-state index is 0.0121. The summed E-state index contributed by atoms with van der Waals surface area (Å²) in [6.45, 7) is 3.20. The van der Waals surface area contributed by atoms with Gasteiger partial charge in [0.15, 0.2) is 11.6 Å². The maximum Gasteiger partial charge on any atom is 0.346 e. The van der Waals surface area contributed by atoms with Crippen molar-refractivity contribution in [2.24, 2.45) is 0 Å². The van der Waals surface area contributed by atoms with Crippen LogP contribution in [0, 0.1) is 11.6 Å². The van der Waals surface area contributed by atoms with Crippen molar-refractivity contribution in [3.05, 3.63) is 76.3 Å². The molecule has 0 amide bonds. The van der Waals surface area contributed by atoms with Crippen LogP contribution < -0.4 is 4.74 Å². The summed E-state index contributed by atoms with van der Waals surface area (Å²) in [6.07, 6.45) is 1.18. The Labute approximate surface area is 201 Å². The summed E-state index contributed by atoms with van der Waals surface area (Å²) in [5, 5.41) is 0. The van der Waals surface area contributed by atoms with Crippen LogP contribution >= 0.6 is 0 Å². The SMILES string of the molecule is CCOc1ccc2c(c1F)C(F)(F)C(F)(F)c1c-2ccc(C(=O)OC2=CCC(OCC)C(F)=C2)c1F. The standard InChI is InChI=1S/C25H19F7O4/c1-3-34-17-9-5-12(11-16(17)26)36-23(33)15-7-6-13-14-8-10-18(35-4-2)22(28)20(14)25(31,32)24(29,30)19(13)21(15)27/h5-8,10-11,17H,3-4,9H2,1-2H3. The van der Waals surface area contributed by atoms with Crippen molar-refractivity contribution < 1.29 is 49.7 Å². The summed E-state index contributed by atoms with van der Waals surface area (Å²) in [5.74, 6) is -17.4. The number of carbonyl (C=O) groups is 1. The van der Waals surface area contributed by atoms with Gasteiger partial charge in [0.1, 0.15) is 23.5 Å². The van der Waals surface area contributed by atoms with E-state index in [4.69, 9.17) is 14.2 Å². The van der Waals surface area contributed by atoms with Gasteiger partial charge in [-0.15, -0.1) is 0 Å². The fourth-order valence-electron chi connectivity index (χ4n) is 4.14. The van der Waals surface area contributed by atoms with Gasteiger partial charge >= 0.3 is 17.8 Å². The molecule has 1 atom stereocenters. The third-order valence-corrected chi connectivity index (χ3v) is 5.78. The van der Waals surface area contributed by atoms with E-state index in [1.807, 2.05) is 0 Å². The van der Waals surface area contributed by atoms with Crippen LogP contribution in [-0.2, 0) is 21.3 Å². The highest BCUT2D eigenvalue weighted by atomic mass is 19.3. The summed E-state index contributed by atoms with van der Waals surface area (Å²) in [6, 6.07) is 3.43. The van der Waals surface area contributed by atoms with Crippen molar-refractivity contribution in [3.63, 3.8) is 0 Å². The molecule has 0 aromatic heterocycles. The van der Waals surface area contributed by atoms with Gasteiger partial charge in [-0.25, -0.2) is 18.0 Å². The third kappa shape index (κ3) is 3.95. The molecule has 0 bridgehead atoms. The van der Waals surface area contributed by atoms with Crippen LogP contribution in [0.3, 0.4) is 0 Å². The number of carbonyl (C=O) groups excluding carboxylic acids is 1. The van der Waals surface area contributed by atoms with E-state index in [1.54, 1.807) is 6.92 Å². The number of hydrogen-bond acceptors (Lipinski definition) is 4. The lowest BCUT2D eigenvalue weighted by Crippen LogP contribution is -2.41. The number of fused-ring (bicyclic) bond motifs is 3. The Balaban J connectivity index is 1.77. The van der Waals surface area contributed by atoms with Crippen LogP contribution in [0.15, 0.2) is 48.0 Å². The van der Waals surface area contributed by atoms with E-state index in [1.165, 1.54) is 13.0 Å². The van der Waals surface area contributed by atoms with E-state index >= 15 is 13.2 Å². The Hall–Kier alpha value is -3.34. The second-order valence-electron chi connectivity index (χ2n) is 7.94. The average Bonchev–Trinajstić information content (AvgIpc) is 2.80. The molecule has 0 heterocycles. The lowest BCUT2D eigenvalue weighted by Gasteiger charge is -2.35. The van der Waals surface area contributed by atoms with E-state index in [9.17, 15) is 22.4 Å². The van der Waals surface area contributed by atoms with Gasteiger partial charge in [0.25, 0.3) is 0 Å². The van der Waals surface area contributed by atoms with Gasteiger partial charge < -0.3 is 14.2 Å². The zero-order chi connectivity index (χ0) is 26.4.